The first-order valence-electron chi connectivity index (χ1n) is 7.40. The Morgan fingerprint density at radius 3 is 2.36 bits per heavy atom. The summed E-state index contributed by atoms with van der Waals surface area (Å²) in [5.41, 5.74) is 6.06. The molecule has 0 aromatic rings. The molecular formula is C15H23F3N4. The summed E-state index contributed by atoms with van der Waals surface area (Å²) in [6, 6.07) is 0. The van der Waals surface area contributed by atoms with Gasteiger partial charge in [0, 0.05) is 45.5 Å². The van der Waals surface area contributed by atoms with E-state index in [4.69, 9.17) is 5.73 Å². The molecule has 0 spiro atoms. The summed E-state index contributed by atoms with van der Waals surface area (Å²) < 4.78 is 38.2. The number of halogens is 3. The third-order valence-electron chi connectivity index (χ3n) is 4.08. The van der Waals surface area contributed by atoms with E-state index < -0.39 is 11.7 Å². The van der Waals surface area contributed by atoms with Crippen molar-refractivity contribution in [3.05, 3.63) is 35.8 Å². The SMILES string of the molecule is C=C(CCN)N1CCN(C2=CC=C(C(F)(F)F)CN2C)CC1. The maximum atomic E-state index is 12.7. The minimum absolute atomic E-state index is 0.102. The lowest BCUT2D eigenvalue weighted by molar-refractivity contribution is -0.0956. The highest BCUT2D eigenvalue weighted by atomic mass is 19.4. The van der Waals surface area contributed by atoms with Gasteiger partial charge in [0.05, 0.1) is 5.57 Å². The Morgan fingerprint density at radius 1 is 1.23 bits per heavy atom. The predicted octanol–water partition coefficient (Wildman–Crippen LogP) is 1.74. The van der Waals surface area contributed by atoms with E-state index >= 15 is 0 Å². The molecule has 0 aromatic carbocycles. The first-order chi connectivity index (χ1) is 10.3. The summed E-state index contributed by atoms with van der Waals surface area (Å²) in [7, 11) is 1.70. The van der Waals surface area contributed by atoms with Crippen molar-refractivity contribution in [2.45, 2.75) is 12.6 Å². The van der Waals surface area contributed by atoms with Crippen LogP contribution in [-0.2, 0) is 0 Å². The highest BCUT2D eigenvalue weighted by Gasteiger charge is 2.36. The average molecular weight is 316 g/mol. The molecule has 4 nitrogen and oxygen atoms in total. The lowest BCUT2D eigenvalue weighted by atomic mass is 10.1. The summed E-state index contributed by atoms with van der Waals surface area (Å²) in [5, 5.41) is 0. The summed E-state index contributed by atoms with van der Waals surface area (Å²) in [6.07, 6.45) is -0.721. The maximum Gasteiger partial charge on any atom is 0.414 e. The third kappa shape index (κ3) is 3.76. The largest absolute Gasteiger partial charge is 0.414 e. The van der Waals surface area contributed by atoms with Crippen molar-refractivity contribution >= 4 is 0 Å². The van der Waals surface area contributed by atoms with E-state index in [2.05, 4.69) is 16.4 Å². The second-order valence-electron chi connectivity index (χ2n) is 5.65. The maximum absolute atomic E-state index is 12.7. The fourth-order valence-corrected chi connectivity index (χ4v) is 2.80. The quantitative estimate of drug-likeness (QED) is 0.857. The number of likely N-dealkylation sites (N-methyl/N-ethyl adjacent to an activating group) is 1. The number of alkyl halides is 3. The first-order valence-corrected chi connectivity index (χ1v) is 7.40. The van der Waals surface area contributed by atoms with Gasteiger partial charge >= 0.3 is 6.18 Å². The number of nitrogens with zero attached hydrogens (tertiary/aromatic N) is 3. The van der Waals surface area contributed by atoms with E-state index in [1.807, 2.05) is 0 Å². The smallest absolute Gasteiger partial charge is 0.372 e. The molecule has 1 saturated heterocycles. The molecule has 1 fully saturated rings. The predicted molar refractivity (Wildman–Crippen MR) is 80.8 cm³/mol. The Kier molecular flexibility index (Phi) is 5.05. The zero-order chi connectivity index (χ0) is 16.3. The van der Waals surface area contributed by atoms with Gasteiger partial charge in [-0.1, -0.05) is 6.58 Å². The molecule has 0 radical (unpaired) electrons. The van der Waals surface area contributed by atoms with Gasteiger partial charge in [0.25, 0.3) is 0 Å². The Labute approximate surface area is 129 Å². The van der Waals surface area contributed by atoms with E-state index in [1.54, 1.807) is 18.0 Å². The number of nitrogens with two attached hydrogens (primary N) is 1. The van der Waals surface area contributed by atoms with Gasteiger partial charge in [0.1, 0.15) is 5.82 Å². The molecule has 2 heterocycles. The molecule has 0 aromatic heterocycles. The fraction of sp³-hybridized carbons (Fsp3) is 0.600. The average Bonchev–Trinajstić information content (AvgIpc) is 2.46. The second-order valence-corrected chi connectivity index (χ2v) is 5.65. The van der Waals surface area contributed by atoms with Crippen LogP contribution in [0.2, 0.25) is 0 Å². The molecule has 22 heavy (non-hydrogen) atoms. The van der Waals surface area contributed by atoms with Crippen molar-refractivity contribution in [1.29, 1.82) is 0 Å². The molecule has 0 atom stereocenters. The molecule has 7 heteroatoms. The zero-order valence-corrected chi connectivity index (χ0v) is 12.9. The molecule has 2 N–H and O–H groups in total. The van der Waals surface area contributed by atoms with Crippen molar-refractivity contribution in [3.8, 4) is 0 Å². The molecular weight excluding hydrogens is 293 g/mol. The third-order valence-corrected chi connectivity index (χ3v) is 4.08. The molecule has 2 aliphatic rings. The topological polar surface area (TPSA) is 35.7 Å². The lowest BCUT2D eigenvalue weighted by Gasteiger charge is -2.42. The Balaban J connectivity index is 1.98. The van der Waals surface area contributed by atoms with Crippen LogP contribution in [0.15, 0.2) is 35.8 Å². The molecule has 124 valence electrons. The Hall–Kier alpha value is -1.63. The van der Waals surface area contributed by atoms with Crippen molar-refractivity contribution < 1.29 is 13.2 Å². The molecule has 0 aliphatic carbocycles. The van der Waals surface area contributed by atoms with E-state index in [1.165, 1.54) is 6.08 Å². The van der Waals surface area contributed by atoms with Crippen LogP contribution in [0.3, 0.4) is 0 Å². The van der Waals surface area contributed by atoms with Gasteiger partial charge in [-0.3, -0.25) is 0 Å². The highest BCUT2D eigenvalue weighted by Crippen LogP contribution is 2.30. The minimum atomic E-state index is -4.26. The fourth-order valence-electron chi connectivity index (χ4n) is 2.80. The van der Waals surface area contributed by atoms with E-state index in [0.29, 0.717) is 6.54 Å². The van der Waals surface area contributed by atoms with Gasteiger partial charge in [-0.25, -0.2) is 0 Å². The van der Waals surface area contributed by atoms with Crippen LogP contribution in [0, 0.1) is 0 Å². The summed E-state index contributed by atoms with van der Waals surface area (Å²) >= 11 is 0. The molecule has 0 bridgehead atoms. The number of hydrogen-bond acceptors (Lipinski definition) is 4. The normalized spacial score (nSPS) is 20.0. The van der Waals surface area contributed by atoms with Gasteiger partial charge in [0.2, 0.25) is 0 Å². The van der Waals surface area contributed by atoms with Crippen molar-refractivity contribution in [1.82, 2.24) is 14.7 Å². The van der Waals surface area contributed by atoms with Crippen LogP contribution in [0.1, 0.15) is 6.42 Å². The van der Waals surface area contributed by atoms with Crippen LogP contribution in [0.5, 0.6) is 0 Å². The molecule has 2 aliphatic heterocycles. The van der Waals surface area contributed by atoms with Crippen molar-refractivity contribution in [3.63, 3.8) is 0 Å². The van der Waals surface area contributed by atoms with Crippen LogP contribution in [0.25, 0.3) is 0 Å². The van der Waals surface area contributed by atoms with Gasteiger partial charge in [-0.05, 0) is 25.1 Å². The monoisotopic (exact) mass is 316 g/mol. The molecule has 0 unspecified atom stereocenters. The molecule has 0 saturated carbocycles. The zero-order valence-electron chi connectivity index (χ0n) is 12.9. The lowest BCUT2D eigenvalue weighted by Crippen LogP contribution is -2.48. The molecule has 2 rings (SSSR count). The van der Waals surface area contributed by atoms with Gasteiger partial charge in [0.15, 0.2) is 0 Å². The summed E-state index contributed by atoms with van der Waals surface area (Å²) in [5.74, 6) is 0.845. The minimum Gasteiger partial charge on any atom is -0.372 e. The van der Waals surface area contributed by atoms with Crippen LogP contribution in [-0.4, -0.2) is 67.2 Å². The first kappa shape index (κ1) is 16.7. The number of rotatable bonds is 4. The Morgan fingerprint density at radius 2 is 1.86 bits per heavy atom. The van der Waals surface area contributed by atoms with Gasteiger partial charge in [-0.2, -0.15) is 13.2 Å². The van der Waals surface area contributed by atoms with E-state index in [-0.39, 0.29) is 6.54 Å². The molecule has 0 amide bonds. The van der Waals surface area contributed by atoms with Crippen molar-refractivity contribution in [2.75, 3.05) is 46.3 Å². The van der Waals surface area contributed by atoms with Crippen LogP contribution >= 0.6 is 0 Å². The summed E-state index contributed by atoms with van der Waals surface area (Å²) in [6.45, 7) is 7.69. The van der Waals surface area contributed by atoms with Gasteiger partial charge < -0.3 is 20.4 Å². The van der Waals surface area contributed by atoms with Crippen molar-refractivity contribution in [2.24, 2.45) is 5.73 Å². The standard InChI is InChI=1S/C15H23F3N4/c1-12(5-6-19)21-7-9-22(10-8-21)14-4-3-13(11-20(14)2)15(16,17)18/h3-4H,1,5-11,19H2,2H3. The van der Waals surface area contributed by atoms with Crippen LogP contribution < -0.4 is 5.73 Å². The number of hydrogen-bond donors (Lipinski definition) is 1. The number of piperazine rings is 1. The van der Waals surface area contributed by atoms with E-state index in [0.717, 1.165) is 44.1 Å². The van der Waals surface area contributed by atoms with Gasteiger partial charge in [-0.15, -0.1) is 0 Å². The Bertz CT molecular complexity index is 474. The van der Waals surface area contributed by atoms with E-state index in [9.17, 15) is 13.2 Å². The number of allylic oxidation sites excluding steroid dienone is 2. The summed E-state index contributed by atoms with van der Waals surface area (Å²) in [4.78, 5) is 5.98. The highest BCUT2D eigenvalue weighted by molar-refractivity contribution is 5.27. The second kappa shape index (κ2) is 6.64. The van der Waals surface area contributed by atoms with Crippen LogP contribution in [0.4, 0.5) is 13.2 Å².